The van der Waals surface area contributed by atoms with Gasteiger partial charge < -0.3 is 25.4 Å². The van der Waals surface area contributed by atoms with Gasteiger partial charge in [-0.2, -0.15) is 0 Å². The molecule has 3 heterocycles. The van der Waals surface area contributed by atoms with E-state index in [9.17, 15) is 4.79 Å². The number of hydrogen-bond donors (Lipinski definition) is 3. The van der Waals surface area contributed by atoms with Crippen LogP contribution in [0, 0.1) is 0 Å². The van der Waals surface area contributed by atoms with Gasteiger partial charge in [0.2, 0.25) is 17.8 Å². The number of para-hydroxylation sites is 1. The molecule has 9 nitrogen and oxygen atoms in total. The molecule has 9 heteroatoms. The van der Waals surface area contributed by atoms with Crippen molar-refractivity contribution in [3.05, 3.63) is 67.5 Å². The molecule has 0 atom stereocenters. The number of amides is 1. The van der Waals surface area contributed by atoms with Gasteiger partial charge >= 0.3 is 0 Å². The molecule has 1 aliphatic heterocycles. The molecule has 0 radical (unpaired) electrons. The van der Waals surface area contributed by atoms with Crippen molar-refractivity contribution >= 4 is 40.2 Å². The van der Waals surface area contributed by atoms with Crippen LogP contribution in [0.5, 0.6) is 0 Å². The third kappa shape index (κ3) is 4.60. The molecule has 2 aromatic carbocycles. The van der Waals surface area contributed by atoms with Crippen LogP contribution in [0.4, 0.5) is 23.4 Å². The minimum absolute atomic E-state index is 0.251. The van der Waals surface area contributed by atoms with Gasteiger partial charge in [0.1, 0.15) is 5.82 Å². The Morgan fingerprint density at radius 2 is 1.91 bits per heavy atom. The monoisotopic (exact) mass is 454 g/mol. The van der Waals surface area contributed by atoms with Crippen LogP contribution in [0.2, 0.25) is 0 Å². The summed E-state index contributed by atoms with van der Waals surface area (Å²) in [7, 11) is 2.13. The van der Waals surface area contributed by atoms with Gasteiger partial charge in [-0.1, -0.05) is 36.9 Å². The van der Waals surface area contributed by atoms with Gasteiger partial charge in [-0.05, 0) is 30.8 Å². The minimum Gasteiger partial charge on any atom is -0.340 e. The number of likely N-dealkylation sites (N-methyl/N-ethyl adjacent to an activating group) is 1. The second-order valence-electron chi connectivity index (χ2n) is 8.25. The zero-order chi connectivity index (χ0) is 23.5. The van der Waals surface area contributed by atoms with Gasteiger partial charge in [-0.15, -0.1) is 0 Å². The van der Waals surface area contributed by atoms with Crippen LogP contribution in [0.15, 0.2) is 67.5 Å². The molecule has 1 fully saturated rings. The number of carbonyl (C=O) groups is 1. The maximum absolute atomic E-state index is 11.7. The fourth-order valence-electron chi connectivity index (χ4n) is 3.98. The number of aromatic nitrogens is 4. The van der Waals surface area contributed by atoms with Gasteiger partial charge in [0.15, 0.2) is 0 Å². The van der Waals surface area contributed by atoms with Crippen molar-refractivity contribution in [1.82, 2.24) is 24.8 Å². The van der Waals surface area contributed by atoms with Crippen LogP contribution in [0.25, 0.3) is 22.0 Å². The first-order valence-electron chi connectivity index (χ1n) is 11.1. The predicted molar refractivity (Wildman–Crippen MR) is 135 cm³/mol. The molecule has 0 spiro atoms. The predicted octanol–water partition coefficient (Wildman–Crippen LogP) is 3.64. The number of benzene rings is 2. The Balaban J connectivity index is 1.41. The summed E-state index contributed by atoms with van der Waals surface area (Å²) in [6.07, 6.45) is 4.81. The molecule has 0 bridgehead atoms. The number of carbonyl (C=O) groups excluding carboxylic acids is 1. The number of rotatable bonds is 6. The summed E-state index contributed by atoms with van der Waals surface area (Å²) in [5.41, 5.74) is 3.39. The Morgan fingerprint density at radius 1 is 1.09 bits per heavy atom. The van der Waals surface area contributed by atoms with Crippen LogP contribution in [-0.4, -0.2) is 64.0 Å². The first-order valence-corrected chi connectivity index (χ1v) is 11.1. The number of piperazine rings is 1. The van der Waals surface area contributed by atoms with Crippen molar-refractivity contribution in [1.29, 1.82) is 0 Å². The van der Waals surface area contributed by atoms with E-state index in [1.807, 2.05) is 42.5 Å². The number of imidazole rings is 1. The molecular formula is C25H26N8O. The number of aromatic amines is 1. The minimum atomic E-state index is -0.251. The van der Waals surface area contributed by atoms with Crippen LogP contribution >= 0.6 is 0 Å². The Hall–Kier alpha value is -4.24. The van der Waals surface area contributed by atoms with E-state index >= 15 is 0 Å². The number of nitrogens with zero attached hydrogens (tertiary/aromatic N) is 5. The third-order valence-corrected chi connectivity index (χ3v) is 5.85. The number of fused-ring (bicyclic) bond motifs is 1. The van der Waals surface area contributed by atoms with Crippen molar-refractivity contribution in [2.24, 2.45) is 0 Å². The van der Waals surface area contributed by atoms with Crippen molar-refractivity contribution in [2.45, 2.75) is 0 Å². The zero-order valence-corrected chi connectivity index (χ0v) is 19.0. The van der Waals surface area contributed by atoms with Crippen molar-refractivity contribution in [2.75, 3.05) is 48.8 Å². The molecule has 3 N–H and O–H groups in total. The second kappa shape index (κ2) is 9.32. The largest absolute Gasteiger partial charge is 0.340 e. The van der Waals surface area contributed by atoms with E-state index < -0.39 is 0 Å². The van der Waals surface area contributed by atoms with Gasteiger partial charge in [0.05, 0.1) is 11.7 Å². The average molecular weight is 455 g/mol. The lowest BCUT2D eigenvalue weighted by molar-refractivity contribution is -0.111. The molecule has 0 saturated carbocycles. The van der Waals surface area contributed by atoms with Gasteiger partial charge in [-0.3, -0.25) is 4.79 Å². The van der Waals surface area contributed by atoms with Gasteiger partial charge in [0.25, 0.3) is 0 Å². The summed E-state index contributed by atoms with van der Waals surface area (Å²) in [5, 5.41) is 6.97. The van der Waals surface area contributed by atoms with E-state index in [0.29, 0.717) is 11.6 Å². The van der Waals surface area contributed by atoms with E-state index in [1.54, 1.807) is 12.4 Å². The SMILES string of the molecule is C=CC(=O)Nc1cccc(-c2cccc3cnc(Nc4cnc(N5CCN(C)CC5)[nH]4)nc23)c1. The fourth-order valence-corrected chi connectivity index (χ4v) is 3.98. The van der Waals surface area contributed by atoms with E-state index in [-0.39, 0.29) is 5.91 Å². The lowest BCUT2D eigenvalue weighted by Crippen LogP contribution is -2.44. The molecule has 34 heavy (non-hydrogen) atoms. The van der Waals surface area contributed by atoms with Gasteiger partial charge in [-0.25, -0.2) is 15.0 Å². The Kier molecular flexibility index (Phi) is 5.92. The molecule has 172 valence electrons. The van der Waals surface area contributed by atoms with Crippen LogP contribution in [0.1, 0.15) is 0 Å². The summed E-state index contributed by atoms with van der Waals surface area (Å²) in [6.45, 7) is 7.40. The average Bonchev–Trinajstić information content (AvgIpc) is 3.32. The molecule has 2 aromatic heterocycles. The Labute approximate surface area is 197 Å². The lowest BCUT2D eigenvalue weighted by atomic mass is 10.0. The first kappa shape index (κ1) is 21.6. The summed E-state index contributed by atoms with van der Waals surface area (Å²) >= 11 is 0. The van der Waals surface area contributed by atoms with Gasteiger partial charge in [0, 0.05) is 49.0 Å². The number of anilines is 4. The highest BCUT2D eigenvalue weighted by Gasteiger charge is 2.17. The molecule has 1 aliphatic rings. The highest BCUT2D eigenvalue weighted by atomic mass is 16.1. The third-order valence-electron chi connectivity index (χ3n) is 5.85. The highest BCUT2D eigenvalue weighted by Crippen LogP contribution is 2.30. The van der Waals surface area contributed by atoms with Crippen molar-refractivity contribution in [3.8, 4) is 11.1 Å². The van der Waals surface area contributed by atoms with Crippen molar-refractivity contribution < 1.29 is 4.79 Å². The van der Waals surface area contributed by atoms with Crippen LogP contribution < -0.4 is 15.5 Å². The molecule has 4 aromatic rings. The summed E-state index contributed by atoms with van der Waals surface area (Å²) in [6, 6.07) is 13.6. The molecule has 0 aliphatic carbocycles. The van der Waals surface area contributed by atoms with Crippen molar-refractivity contribution in [3.63, 3.8) is 0 Å². The normalized spacial score (nSPS) is 14.2. The molecule has 1 amide bonds. The zero-order valence-electron chi connectivity index (χ0n) is 19.0. The molecule has 1 saturated heterocycles. The Morgan fingerprint density at radius 3 is 2.74 bits per heavy atom. The number of H-pyrrole nitrogens is 1. The maximum atomic E-state index is 11.7. The fraction of sp³-hybridized carbons (Fsp3) is 0.200. The second-order valence-corrected chi connectivity index (χ2v) is 8.25. The quantitative estimate of drug-likeness (QED) is 0.382. The van der Waals surface area contributed by atoms with Crippen LogP contribution in [-0.2, 0) is 4.79 Å². The number of nitrogens with one attached hydrogen (secondary N) is 3. The Bertz CT molecular complexity index is 1340. The first-order chi connectivity index (χ1) is 16.6. The summed E-state index contributed by atoms with van der Waals surface area (Å²) < 4.78 is 0. The standard InChI is InChI=1S/C25H26N8O/c1-3-22(34)28-19-8-4-6-17(14-19)20-9-5-7-18-15-26-24(31-23(18)20)29-21-16-27-25(30-21)33-12-10-32(2)11-13-33/h3-9,14-16H,1,10-13H2,2H3,(H,27,30)(H,28,34)(H,26,29,31). The van der Waals surface area contributed by atoms with E-state index in [1.165, 1.54) is 6.08 Å². The maximum Gasteiger partial charge on any atom is 0.247 e. The summed E-state index contributed by atoms with van der Waals surface area (Å²) in [5.74, 6) is 1.80. The number of hydrogen-bond acceptors (Lipinski definition) is 7. The topological polar surface area (TPSA) is 102 Å². The summed E-state index contributed by atoms with van der Waals surface area (Å²) in [4.78, 5) is 33.4. The van der Waals surface area contributed by atoms with Crippen LogP contribution in [0.3, 0.4) is 0 Å². The molecular weight excluding hydrogens is 428 g/mol. The van der Waals surface area contributed by atoms with E-state index in [2.05, 4.69) is 49.0 Å². The van der Waals surface area contributed by atoms with E-state index in [4.69, 9.17) is 4.98 Å². The van der Waals surface area contributed by atoms with E-state index in [0.717, 1.165) is 60.0 Å². The highest BCUT2D eigenvalue weighted by molar-refractivity contribution is 6.00. The lowest BCUT2D eigenvalue weighted by Gasteiger charge is -2.32. The molecule has 0 unspecified atom stereocenters. The molecule has 5 rings (SSSR count). The smallest absolute Gasteiger partial charge is 0.247 e.